The van der Waals surface area contributed by atoms with Crippen molar-refractivity contribution in [3.63, 3.8) is 0 Å². The van der Waals surface area contributed by atoms with Crippen LogP contribution in [0.5, 0.6) is 0 Å². The van der Waals surface area contributed by atoms with Crippen molar-refractivity contribution in [3.8, 4) is 5.82 Å². The van der Waals surface area contributed by atoms with Crippen molar-refractivity contribution in [2.45, 2.75) is 12.7 Å². The Balaban J connectivity index is 2.34. The molecule has 0 radical (unpaired) electrons. The van der Waals surface area contributed by atoms with E-state index in [1.54, 1.807) is 6.07 Å². The van der Waals surface area contributed by atoms with Gasteiger partial charge in [-0.3, -0.25) is 9.80 Å². The number of aldehydes is 1. The topological polar surface area (TPSA) is 115 Å². The van der Waals surface area contributed by atoms with E-state index in [1.165, 1.54) is 18.3 Å². The first-order valence-electron chi connectivity index (χ1n) is 6.30. The number of nitrogens with zero attached hydrogens (tertiary/aromatic N) is 5. The molecule has 4 N–H and O–H groups in total. The number of hydrogen-bond donors (Lipinski definition) is 2. The van der Waals surface area contributed by atoms with Crippen molar-refractivity contribution in [1.29, 1.82) is 0 Å². The van der Waals surface area contributed by atoms with Crippen LogP contribution < -0.4 is 11.7 Å². The molecule has 0 aliphatic carbocycles. The van der Waals surface area contributed by atoms with E-state index in [4.69, 9.17) is 23.3 Å². The highest BCUT2D eigenvalue weighted by Crippen LogP contribution is 2.21. The van der Waals surface area contributed by atoms with Crippen LogP contribution in [0.4, 0.5) is 13.2 Å². The Bertz CT molecular complexity index is 774. The number of hydrogen-bond acceptors (Lipinski definition) is 6. The molecule has 0 aromatic carbocycles. The lowest BCUT2D eigenvalue weighted by molar-refractivity contribution is -0.0697. The van der Waals surface area contributed by atoms with Gasteiger partial charge in [0.2, 0.25) is 5.84 Å². The predicted octanol–water partition coefficient (Wildman–Crippen LogP) is 1.24. The van der Waals surface area contributed by atoms with Crippen molar-refractivity contribution in [2.75, 3.05) is 0 Å². The monoisotopic (exact) mass is 361 g/mol. The molecular formula is C12H11ClF3N7O. The molecule has 128 valence electrons. The van der Waals surface area contributed by atoms with Gasteiger partial charge in [-0.1, -0.05) is 11.6 Å². The van der Waals surface area contributed by atoms with E-state index in [-0.39, 0.29) is 27.2 Å². The van der Waals surface area contributed by atoms with Crippen molar-refractivity contribution < 1.29 is 18.0 Å². The van der Waals surface area contributed by atoms with E-state index in [0.717, 1.165) is 4.68 Å². The predicted molar refractivity (Wildman–Crippen MR) is 79.2 cm³/mol. The summed E-state index contributed by atoms with van der Waals surface area (Å²) in [5.74, 6) is 8.73. The number of carbonyl (C=O) groups is 1. The van der Waals surface area contributed by atoms with Crippen LogP contribution in [0.15, 0.2) is 29.5 Å². The highest BCUT2D eigenvalue weighted by atomic mass is 35.5. The number of halogens is 4. The van der Waals surface area contributed by atoms with Crippen molar-refractivity contribution in [1.82, 2.24) is 19.8 Å². The van der Waals surface area contributed by atoms with Gasteiger partial charge < -0.3 is 5.84 Å². The Morgan fingerprint density at radius 3 is 2.75 bits per heavy atom. The minimum atomic E-state index is -4.83. The normalized spacial score (nSPS) is 12.3. The third-order valence-electron chi connectivity index (χ3n) is 2.83. The van der Waals surface area contributed by atoms with Gasteiger partial charge in [-0.05, 0) is 18.2 Å². The second-order valence-electron chi connectivity index (χ2n) is 4.48. The molecule has 2 rings (SSSR count). The van der Waals surface area contributed by atoms with Gasteiger partial charge in [0.25, 0.3) is 0 Å². The summed E-state index contributed by atoms with van der Waals surface area (Å²) in [5.41, 5.74) is 0.101. The van der Waals surface area contributed by atoms with Crippen molar-refractivity contribution in [3.05, 3.63) is 40.8 Å². The van der Waals surface area contributed by atoms with Gasteiger partial charge in [0, 0.05) is 6.20 Å². The molecule has 24 heavy (non-hydrogen) atoms. The van der Waals surface area contributed by atoms with E-state index in [2.05, 4.69) is 15.2 Å². The van der Waals surface area contributed by atoms with Crippen LogP contribution in [0.25, 0.3) is 5.82 Å². The third-order valence-corrected chi connectivity index (χ3v) is 3.12. The molecule has 12 heteroatoms. The van der Waals surface area contributed by atoms with Crippen LogP contribution in [-0.4, -0.2) is 38.1 Å². The van der Waals surface area contributed by atoms with Gasteiger partial charge in [0.15, 0.2) is 12.1 Å². The standard InChI is InChI=1S/C12H11ClF3N7O/c13-9-2-1-3-19-10(9)23-8(6-24)4-7(21-23)5-22(18)11(20-17)12(14,15)16/h1-4,6H,5,17-18H2/b20-11-. The van der Waals surface area contributed by atoms with Crippen LogP contribution in [-0.2, 0) is 6.54 Å². The highest BCUT2D eigenvalue weighted by molar-refractivity contribution is 6.32. The average Bonchev–Trinajstić information content (AvgIpc) is 2.89. The molecule has 0 aliphatic rings. The number of carbonyl (C=O) groups excluding carboxylic acids is 1. The number of aromatic nitrogens is 3. The smallest absolute Gasteiger partial charge is 0.321 e. The van der Waals surface area contributed by atoms with Crippen LogP contribution in [0, 0.1) is 0 Å². The van der Waals surface area contributed by atoms with Gasteiger partial charge in [0.1, 0.15) is 5.69 Å². The van der Waals surface area contributed by atoms with Gasteiger partial charge in [0.05, 0.1) is 17.3 Å². The van der Waals surface area contributed by atoms with Crippen molar-refractivity contribution >= 4 is 23.7 Å². The maximum atomic E-state index is 12.7. The van der Waals surface area contributed by atoms with Gasteiger partial charge in [-0.25, -0.2) is 15.5 Å². The summed E-state index contributed by atoms with van der Waals surface area (Å²) in [7, 11) is 0. The number of hydrazine groups is 1. The first kappa shape index (κ1) is 17.7. The molecule has 0 amide bonds. The number of nitrogens with two attached hydrogens (primary N) is 2. The largest absolute Gasteiger partial charge is 0.452 e. The quantitative estimate of drug-likeness (QED) is 0.278. The maximum absolute atomic E-state index is 12.7. The first-order valence-corrected chi connectivity index (χ1v) is 6.68. The fraction of sp³-hybridized carbons (Fsp3) is 0.167. The van der Waals surface area contributed by atoms with Gasteiger partial charge >= 0.3 is 6.18 Å². The molecule has 0 spiro atoms. The van der Waals surface area contributed by atoms with Crippen LogP contribution in [0.1, 0.15) is 16.2 Å². The first-order chi connectivity index (χ1) is 11.3. The second-order valence-corrected chi connectivity index (χ2v) is 4.88. The molecule has 0 unspecified atom stereocenters. The lowest BCUT2D eigenvalue weighted by atomic mass is 10.3. The summed E-state index contributed by atoms with van der Waals surface area (Å²) in [5, 5.41) is 7.12. The molecule has 0 fully saturated rings. The van der Waals surface area contributed by atoms with E-state index in [9.17, 15) is 18.0 Å². The maximum Gasteiger partial charge on any atom is 0.452 e. The summed E-state index contributed by atoms with van der Waals surface area (Å²) < 4.78 is 39.2. The zero-order chi connectivity index (χ0) is 17.9. The summed E-state index contributed by atoms with van der Waals surface area (Å²) >= 11 is 5.98. The average molecular weight is 362 g/mol. The third kappa shape index (κ3) is 3.63. The summed E-state index contributed by atoms with van der Waals surface area (Å²) in [6.45, 7) is -0.492. The molecule has 8 nitrogen and oxygen atoms in total. The number of hydrazone groups is 1. The molecule has 0 saturated carbocycles. The summed E-state index contributed by atoms with van der Waals surface area (Å²) in [6, 6.07) is 4.35. The van der Waals surface area contributed by atoms with Crippen LogP contribution in [0.3, 0.4) is 0 Å². The molecule has 0 atom stereocenters. The Hall–Kier alpha value is -2.66. The molecule has 2 heterocycles. The molecule has 2 aromatic heterocycles. The molecule has 0 saturated heterocycles. The summed E-state index contributed by atoms with van der Waals surface area (Å²) in [6.07, 6.45) is -2.94. The van der Waals surface area contributed by atoms with Gasteiger partial charge in [-0.15, -0.1) is 0 Å². The number of alkyl halides is 3. The Kier molecular flexibility index (Phi) is 5.04. The van der Waals surface area contributed by atoms with E-state index in [1.807, 2.05) is 0 Å². The molecule has 2 aromatic rings. The SMILES string of the molecule is N/N=C(\N(N)Cc1cc(C=O)n(-c2ncccc2Cl)n1)C(F)(F)F. The molecular weight excluding hydrogens is 351 g/mol. The number of amidine groups is 1. The molecule has 0 bridgehead atoms. The second kappa shape index (κ2) is 6.84. The Morgan fingerprint density at radius 2 is 2.21 bits per heavy atom. The lowest BCUT2D eigenvalue weighted by Gasteiger charge is -2.20. The molecule has 0 aliphatic heterocycles. The Labute approximate surface area is 138 Å². The fourth-order valence-electron chi connectivity index (χ4n) is 1.87. The van der Waals surface area contributed by atoms with E-state index in [0.29, 0.717) is 6.29 Å². The zero-order valence-corrected chi connectivity index (χ0v) is 12.7. The number of pyridine rings is 1. The van der Waals surface area contributed by atoms with Crippen molar-refractivity contribution in [2.24, 2.45) is 16.8 Å². The zero-order valence-electron chi connectivity index (χ0n) is 11.9. The van der Waals surface area contributed by atoms with Gasteiger partial charge in [-0.2, -0.15) is 23.4 Å². The highest BCUT2D eigenvalue weighted by Gasteiger charge is 2.39. The Morgan fingerprint density at radius 1 is 1.50 bits per heavy atom. The van der Waals surface area contributed by atoms with E-state index >= 15 is 0 Å². The summed E-state index contributed by atoms with van der Waals surface area (Å²) in [4.78, 5) is 15.1. The number of rotatable bonds is 4. The van der Waals surface area contributed by atoms with Crippen LogP contribution in [0.2, 0.25) is 5.02 Å². The van der Waals surface area contributed by atoms with E-state index < -0.39 is 18.6 Å². The minimum Gasteiger partial charge on any atom is -0.321 e. The fourth-order valence-corrected chi connectivity index (χ4v) is 2.07. The van der Waals surface area contributed by atoms with Crippen LogP contribution >= 0.6 is 11.6 Å². The minimum absolute atomic E-state index is 0.0391. The lowest BCUT2D eigenvalue weighted by Crippen LogP contribution is -2.46.